The largest absolute Gasteiger partial charge is 0.378 e. The molecule has 16 heavy (non-hydrogen) atoms. The molecule has 0 spiro atoms. The van der Waals surface area contributed by atoms with Crippen molar-refractivity contribution in [1.82, 2.24) is 9.97 Å². The normalized spacial score (nSPS) is 15.9. The Morgan fingerprint density at radius 2 is 2.00 bits per heavy atom. The highest BCUT2D eigenvalue weighted by molar-refractivity contribution is 7.80. The number of thiocarbonyl (C=S) groups is 1. The number of rotatable bonds is 2. The molecule has 1 aliphatic rings. The average molecular weight is 238 g/mol. The molecule has 5 nitrogen and oxygen atoms in total. The summed E-state index contributed by atoms with van der Waals surface area (Å²) in [5.74, 6) is 0.746. The molecular weight excluding hydrogens is 224 g/mol. The molecule has 0 amide bonds. The molecule has 2 rings (SSSR count). The zero-order valence-corrected chi connectivity index (χ0v) is 9.96. The molecule has 0 aromatic carbocycles. The van der Waals surface area contributed by atoms with Crippen molar-refractivity contribution in [1.29, 1.82) is 0 Å². The predicted molar refractivity (Wildman–Crippen MR) is 67.0 cm³/mol. The number of hydrogen-bond acceptors (Lipinski definition) is 5. The Balaban J connectivity index is 2.03. The predicted octanol–water partition coefficient (Wildman–Crippen LogP) is 1.07. The Kier molecular flexibility index (Phi) is 3.63. The maximum absolute atomic E-state index is 5.27. The molecule has 1 aliphatic heterocycles. The first-order valence-corrected chi connectivity index (χ1v) is 5.59. The van der Waals surface area contributed by atoms with Gasteiger partial charge in [-0.15, -0.1) is 0 Å². The fraction of sp³-hybridized carbons (Fsp3) is 0.500. The third kappa shape index (κ3) is 2.86. The number of nitrogens with one attached hydrogen (secondary N) is 1. The van der Waals surface area contributed by atoms with Gasteiger partial charge in [0.1, 0.15) is 0 Å². The molecule has 1 aromatic heterocycles. The molecule has 1 saturated heterocycles. The highest BCUT2D eigenvalue weighted by atomic mass is 32.1. The number of ether oxygens (including phenoxy) is 1. The molecule has 0 unspecified atom stereocenters. The van der Waals surface area contributed by atoms with Gasteiger partial charge in [-0.05, 0) is 6.92 Å². The Bertz CT molecular complexity index is 362. The van der Waals surface area contributed by atoms with Crippen molar-refractivity contribution in [3.8, 4) is 0 Å². The summed E-state index contributed by atoms with van der Waals surface area (Å²) in [5, 5.41) is 3.00. The van der Waals surface area contributed by atoms with Gasteiger partial charge in [0, 0.05) is 13.1 Å². The Morgan fingerprint density at radius 1 is 1.38 bits per heavy atom. The third-order valence-electron chi connectivity index (χ3n) is 2.25. The number of anilines is 2. The molecule has 0 saturated carbocycles. The summed E-state index contributed by atoms with van der Waals surface area (Å²) in [4.78, 5) is 11.4. The minimum atomic E-state index is 0.711. The fourth-order valence-corrected chi connectivity index (χ4v) is 1.63. The van der Waals surface area contributed by atoms with Crippen molar-refractivity contribution in [2.24, 2.45) is 0 Å². The van der Waals surface area contributed by atoms with E-state index < -0.39 is 0 Å². The van der Waals surface area contributed by atoms with E-state index in [2.05, 4.69) is 20.2 Å². The van der Waals surface area contributed by atoms with Gasteiger partial charge in [-0.25, -0.2) is 9.97 Å². The van der Waals surface area contributed by atoms with Crippen molar-refractivity contribution in [3.05, 3.63) is 12.4 Å². The first-order valence-electron chi connectivity index (χ1n) is 5.18. The zero-order valence-electron chi connectivity index (χ0n) is 9.14. The van der Waals surface area contributed by atoms with Crippen LogP contribution < -0.4 is 10.2 Å². The second-order valence-corrected chi connectivity index (χ2v) is 4.16. The van der Waals surface area contributed by atoms with E-state index in [1.165, 1.54) is 0 Å². The van der Waals surface area contributed by atoms with E-state index in [0.717, 1.165) is 37.9 Å². The van der Waals surface area contributed by atoms with Gasteiger partial charge in [0.25, 0.3) is 0 Å². The lowest BCUT2D eigenvalue weighted by Crippen LogP contribution is -2.37. The summed E-state index contributed by atoms with van der Waals surface area (Å²) in [5.41, 5.74) is 0.824. The van der Waals surface area contributed by atoms with Gasteiger partial charge >= 0.3 is 0 Å². The lowest BCUT2D eigenvalue weighted by Gasteiger charge is -2.26. The Morgan fingerprint density at radius 3 is 2.56 bits per heavy atom. The second kappa shape index (κ2) is 5.18. The summed E-state index contributed by atoms with van der Waals surface area (Å²) >= 11 is 4.94. The molecule has 6 heteroatoms. The van der Waals surface area contributed by atoms with Gasteiger partial charge in [0.2, 0.25) is 5.95 Å². The molecule has 1 N–H and O–H groups in total. The first kappa shape index (κ1) is 11.2. The van der Waals surface area contributed by atoms with Crippen molar-refractivity contribution in [2.75, 3.05) is 36.5 Å². The smallest absolute Gasteiger partial charge is 0.225 e. The van der Waals surface area contributed by atoms with Crippen LogP contribution in [0.15, 0.2) is 12.4 Å². The molecule has 1 aromatic rings. The number of hydrogen-bond donors (Lipinski definition) is 1. The molecule has 0 bridgehead atoms. The standard InChI is InChI=1S/C10H14N4OS/c1-8(16)13-9-6-11-10(12-7-9)14-2-4-15-5-3-14/h6-7H,2-5H2,1H3,(H,13,16). The van der Waals surface area contributed by atoms with Gasteiger partial charge in [0.15, 0.2) is 0 Å². The highest BCUT2D eigenvalue weighted by Gasteiger charge is 2.13. The van der Waals surface area contributed by atoms with Gasteiger partial charge < -0.3 is 15.0 Å². The van der Waals surface area contributed by atoms with E-state index >= 15 is 0 Å². The minimum Gasteiger partial charge on any atom is -0.378 e. The maximum Gasteiger partial charge on any atom is 0.225 e. The second-order valence-electron chi connectivity index (χ2n) is 3.55. The molecule has 1 fully saturated rings. The van der Waals surface area contributed by atoms with Crippen molar-refractivity contribution in [2.45, 2.75) is 6.92 Å². The SMILES string of the molecule is CC(=S)Nc1cnc(N2CCOCC2)nc1. The maximum atomic E-state index is 5.27. The monoisotopic (exact) mass is 238 g/mol. The van der Waals surface area contributed by atoms with Crippen LogP contribution in [0, 0.1) is 0 Å². The topological polar surface area (TPSA) is 50.3 Å². The highest BCUT2D eigenvalue weighted by Crippen LogP contribution is 2.11. The van der Waals surface area contributed by atoms with Crippen LogP contribution >= 0.6 is 12.2 Å². The molecule has 0 atom stereocenters. The van der Waals surface area contributed by atoms with Gasteiger partial charge in [0.05, 0.1) is 36.3 Å². The van der Waals surface area contributed by atoms with Crippen LogP contribution in [0.2, 0.25) is 0 Å². The quantitative estimate of drug-likeness (QED) is 0.778. The summed E-state index contributed by atoms with van der Waals surface area (Å²) < 4.78 is 5.27. The molecule has 2 heterocycles. The summed E-state index contributed by atoms with van der Waals surface area (Å²) in [6.45, 7) is 4.99. The van der Waals surface area contributed by atoms with Crippen LogP contribution in [0.1, 0.15) is 6.92 Å². The van der Waals surface area contributed by atoms with E-state index in [9.17, 15) is 0 Å². The Labute approximate surface area is 99.8 Å². The summed E-state index contributed by atoms with van der Waals surface area (Å²) in [7, 11) is 0. The van der Waals surface area contributed by atoms with E-state index in [0.29, 0.717) is 4.99 Å². The fourth-order valence-electron chi connectivity index (χ4n) is 1.52. The lowest BCUT2D eigenvalue weighted by atomic mass is 10.4. The van der Waals surface area contributed by atoms with Gasteiger partial charge in [-0.3, -0.25) is 0 Å². The molecule has 86 valence electrons. The van der Waals surface area contributed by atoms with Crippen LogP contribution in [-0.2, 0) is 4.74 Å². The van der Waals surface area contributed by atoms with E-state index in [-0.39, 0.29) is 0 Å². The van der Waals surface area contributed by atoms with Crippen LogP contribution in [-0.4, -0.2) is 41.3 Å². The zero-order chi connectivity index (χ0) is 11.4. The Hall–Kier alpha value is -1.27. The van der Waals surface area contributed by atoms with Gasteiger partial charge in [-0.1, -0.05) is 12.2 Å². The van der Waals surface area contributed by atoms with Crippen molar-refractivity contribution < 1.29 is 4.74 Å². The van der Waals surface area contributed by atoms with Crippen LogP contribution in [0.5, 0.6) is 0 Å². The summed E-state index contributed by atoms with van der Waals surface area (Å²) in [6.07, 6.45) is 3.49. The van der Waals surface area contributed by atoms with Crippen LogP contribution in [0.25, 0.3) is 0 Å². The number of nitrogens with zero attached hydrogens (tertiary/aromatic N) is 3. The van der Waals surface area contributed by atoms with E-state index in [1.807, 2.05) is 6.92 Å². The van der Waals surface area contributed by atoms with Crippen LogP contribution in [0.3, 0.4) is 0 Å². The first-order chi connectivity index (χ1) is 7.75. The van der Waals surface area contributed by atoms with Gasteiger partial charge in [-0.2, -0.15) is 0 Å². The average Bonchev–Trinajstić information content (AvgIpc) is 2.30. The molecular formula is C10H14N4OS. The van der Waals surface area contributed by atoms with Crippen LogP contribution in [0.4, 0.5) is 11.6 Å². The number of aromatic nitrogens is 2. The van der Waals surface area contributed by atoms with Crippen molar-refractivity contribution in [3.63, 3.8) is 0 Å². The lowest BCUT2D eigenvalue weighted by molar-refractivity contribution is 0.122. The van der Waals surface area contributed by atoms with E-state index in [1.54, 1.807) is 12.4 Å². The molecule has 0 radical (unpaired) electrons. The minimum absolute atomic E-state index is 0.711. The third-order valence-corrected chi connectivity index (χ3v) is 2.35. The molecule has 0 aliphatic carbocycles. The number of morpholine rings is 1. The van der Waals surface area contributed by atoms with Crippen molar-refractivity contribution >= 4 is 28.8 Å². The summed E-state index contributed by atoms with van der Waals surface area (Å²) in [6, 6.07) is 0. The van der Waals surface area contributed by atoms with E-state index in [4.69, 9.17) is 17.0 Å².